The van der Waals surface area contributed by atoms with Crippen molar-refractivity contribution in [3.63, 3.8) is 0 Å². The number of allylic oxidation sites excluding steroid dienone is 1. The predicted molar refractivity (Wildman–Crippen MR) is 164 cm³/mol. The van der Waals surface area contributed by atoms with Gasteiger partial charge in [-0.3, -0.25) is 14.5 Å². The first-order valence-corrected chi connectivity index (χ1v) is 15.1. The van der Waals surface area contributed by atoms with Gasteiger partial charge >= 0.3 is 0 Å². The van der Waals surface area contributed by atoms with Crippen LogP contribution >= 0.6 is 34.7 Å². The summed E-state index contributed by atoms with van der Waals surface area (Å²) in [5.74, 6) is -0.466. The van der Waals surface area contributed by atoms with Gasteiger partial charge in [0, 0.05) is 10.8 Å². The standard InChI is InChI=1S/C31H26ClN3O4S2/c1-2-18-39-24-15-11-22(12-16-24)27-26(25(36)17-10-20-6-4-3-5-7-20)28(37)29(38)35(27)30-33-34-31(41-30)40-19-21-8-13-23(32)14-9-21/h3-17,27,37H,2,18-19H2,1H3/b17-10+. The van der Waals surface area contributed by atoms with Gasteiger partial charge < -0.3 is 9.84 Å². The maximum Gasteiger partial charge on any atom is 0.296 e. The van der Waals surface area contributed by atoms with E-state index in [1.807, 2.05) is 61.5 Å². The maximum absolute atomic E-state index is 13.5. The largest absolute Gasteiger partial charge is 0.503 e. The zero-order valence-electron chi connectivity index (χ0n) is 22.1. The van der Waals surface area contributed by atoms with Crippen LogP contribution in [-0.4, -0.2) is 33.6 Å². The highest BCUT2D eigenvalue weighted by molar-refractivity contribution is 8.00. The van der Waals surface area contributed by atoms with Crippen LogP contribution in [0.1, 0.15) is 36.1 Å². The smallest absolute Gasteiger partial charge is 0.296 e. The molecule has 2 heterocycles. The molecule has 7 nitrogen and oxygen atoms in total. The molecule has 0 bridgehead atoms. The topological polar surface area (TPSA) is 92.6 Å². The number of amides is 1. The van der Waals surface area contributed by atoms with Crippen molar-refractivity contribution in [1.29, 1.82) is 0 Å². The first-order chi connectivity index (χ1) is 19.9. The minimum absolute atomic E-state index is 0.0185. The van der Waals surface area contributed by atoms with Gasteiger partial charge in [0.25, 0.3) is 5.91 Å². The Labute approximate surface area is 251 Å². The number of carbonyl (C=O) groups is 2. The van der Waals surface area contributed by atoms with Gasteiger partial charge in [0.2, 0.25) is 5.13 Å². The Morgan fingerprint density at radius 2 is 1.80 bits per heavy atom. The van der Waals surface area contributed by atoms with E-state index in [0.717, 1.165) is 17.5 Å². The molecule has 5 rings (SSSR count). The summed E-state index contributed by atoms with van der Waals surface area (Å²) in [6.07, 6.45) is 3.90. The molecule has 208 valence electrons. The fourth-order valence-corrected chi connectivity index (χ4v) is 6.20. The molecular formula is C31H26ClN3O4S2. The summed E-state index contributed by atoms with van der Waals surface area (Å²) in [4.78, 5) is 28.3. The van der Waals surface area contributed by atoms with Crippen molar-refractivity contribution in [1.82, 2.24) is 10.2 Å². The zero-order valence-corrected chi connectivity index (χ0v) is 24.5. The molecule has 1 N–H and O–H groups in total. The number of carbonyl (C=O) groups excluding carboxylic acids is 2. The second-order valence-corrected chi connectivity index (χ2v) is 11.7. The number of ketones is 1. The highest BCUT2D eigenvalue weighted by Gasteiger charge is 2.45. The van der Waals surface area contributed by atoms with Crippen LogP contribution in [0.5, 0.6) is 5.75 Å². The number of aromatic nitrogens is 2. The van der Waals surface area contributed by atoms with Crippen molar-refractivity contribution in [3.05, 3.63) is 118 Å². The van der Waals surface area contributed by atoms with Crippen LogP contribution in [0.3, 0.4) is 0 Å². The minimum Gasteiger partial charge on any atom is -0.503 e. The SMILES string of the molecule is CCCOc1ccc(C2C(C(=O)/C=C/c3ccccc3)=C(O)C(=O)N2c2nnc(SCc3ccc(Cl)cc3)s2)cc1. The van der Waals surface area contributed by atoms with Gasteiger partial charge in [0.1, 0.15) is 5.75 Å². The molecule has 1 aromatic heterocycles. The molecule has 41 heavy (non-hydrogen) atoms. The number of rotatable bonds is 11. The molecule has 0 saturated carbocycles. The van der Waals surface area contributed by atoms with Gasteiger partial charge in [-0.25, -0.2) is 0 Å². The quantitative estimate of drug-likeness (QED) is 0.108. The lowest BCUT2D eigenvalue weighted by Crippen LogP contribution is -2.30. The maximum atomic E-state index is 13.5. The second kappa shape index (κ2) is 13.2. The van der Waals surface area contributed by atoms with Crippen molar-refractivity contribution < 1.29 is 19.4 Å². The van der Waals surface area contributed by atoms with Crippen molar-refractivity contribution in [2.45, 2.75) is 29.5 Å². The van der Waals surface area contributed by atoms with Crippen LogP contribution in [0, 0.1) is 0 Å². The third kappa shape index (κ3) is 6.70. The first-order valence-electron chi connectivity index (χ1n) is 12.9. The van der Waals surface area contributed by atoms with E-state index in [4.69, 9.17) is 16.3 Å². The number of anilines is 1. The average Bonchev–Trinajstić information content (AvgIpc) is 3.57. The normalized spacial score (nSPS) is 15.2. The molecule has 0 spiro atoms. The van der Waals surface area contributed by atoms with E-state index < -0.39 is 23.5 Å². The van der Waals surface area contributed by atoms with Gasteiger partial charge in [0.05, 0.1) is 18.2 Å². The van der Waals surface area contributed by atoms with E-state index in [1.165, 1.54) is 34.1 Å². The average molecular weight is 604 g/mol. The lowest BCUT2D eigenvalue weighted by atomic mass is 9.95. The third-order valence-corrected chi connectivity index (χ3v) is 8.63. The highest BCUT2D eigenvalue weighted by atomic mass is 35.5. The number of aliphatic hydroxyl groups excluding tert-OH is 1. The van der Waals surface area contributed by atoms with E-state index in [1.54, 1.807) is 30.3 Å². The summed E-state index contributed by atoms with van der Waals surface area (Å²) in [5, 5.41) is 20.5. The Morgan fingerprint density at radius 1 is 1.07 bits per heavy atom. The Morgan fingerprint density at radius 3 is 2.51 bits per heavy atom. The van der Waals surface area contributed by atoms with Crippen LogP contribution in [-0.2, 0) is 15.3 Å². The fraction of sp³-hybridized carbons (Fsp3) is 0.161. The molecule has 1 unspecified atom stereocenters. The molecule has 10 heteroatoms. The number of halogens is 1. The van der Waals surface area contributed by atoms with Crippen molar-refractivity contribution >= 4 is 57.6 Å². The molecule has 0 radical (unpaired) electrons. The number of aliphatic hydroxyl groups is 1. The molecule has 0 fully saturated rings. The summed E-state index contributed by atoms with van der Waals surface area (Å²) in [6, 6.07) is 23.1. The second-order valence-electron chi connectivity index (χ2n) is 9.13. The lowest BCUT2D eigenvalue weighted by molar-refractivity contribution is -0.117. The molecule has 1 amide bonds. The van der Waals surface area contributed by atoms with E-state index >= 15 is 0 Å². The van der Waals surface area contributed by atoms with E-state index in [0.29, 0.717) is 33.0 Å². The summed E-state index contributed by atoms with van der Waals surface area (Å²) in [7, 11) is 0. The summed E-state index contributed by atoms with van der Waals surface area (Å²) >= 11 is 8.68. The fourth-order valence-electron chi connectivity index (χ4n) is 4.25. The first kappa shape index (κ1) is 28.6. The van der Waals surface area contributed by atoms with Crippen molar-refractivity contribution in [3.8, 4) is 5.75 Å². The minimum atomic E-state index is -0.891. The summed E-state index contributed by atoms with van der Waals surface area (Å²) in [5.41, 5.74) is 2.50. The van der Waals surface area contributed by atoms with Crippen molar-refractivity contribution in [2.75, 3.05) is 11.5 Å². The highest BCUT2D eigenvalue weighted by Crippen LogP contribution is 2.43. The monoisotopic (exact) mass is 603 g/mol. The van der Waals surface area contributed by atoms with Gasteiger partial charge in [-0.05, 0) is 53.5 Å². The van der Waals surface area contributed by atoms with Gasteiger partial charge in [0.15, 0.2) is 15.9 Å². The number of ether oxygens (including phenoxy) is 1. The molecule has 3 aromatic carbocycles. The molecule has 1 aliphatic heterocycles. The van der Waals surface area contributed by atoms with Crippen LogP contribution in [0.15, 0.2) is 101 Å². The Bertz CT molecular complexity index is 1590. The van der Waals surface area contributed by atoms with Crippen molar-refractivity contribution in [2.24, 2.45) is 0 Å². The van der Waals surface area contributed by atoms with Crippen LogP contribution in [0.4, 0.5) is 5.13 Å². The molecule has 0 aliphatic carbocycles. The van der Waals surface area contributed by atoms with Crippen LogP contribution < -0.4 is 9.64 Å². The van der Waals surface area contributed by atoms with Gasteiger partial charge in [-0.2, -0.15) is 0 Å². The van der Waals surface area contributed by atoms with Crippen LogP contribution in [0.25, 0.3) is 6.08 Å². The number of benzene rings is 3. The van der Waals surface area contributed by atoms with Crippen LogP contribution in [0.2, 0.25) is 5.02 Å². The number of hydrogen-bond acceptors (Lipinski definition) is 8. The molecule has 4 aromatic rings. The Hall–Kier alpha value is -3.92. The summed E-state index contributed by atoms with van der Waals surface area (Å²) in [6.45, 7) is 2.60. The molecular weight excluding hydrogens is 578 g/mol. The molecule has 1 aliphatic rings. The predicted octanol–water partition coefficient (Wildman–Crippen LogP) is 7.46. The van der Waals surface area contributed by atoms with E-state index in [-0.39, 0.29) is 10.7 Å². The number of nitrogens with zero attached hydrogens (tertiary/aromatic N) is 3. The zero-order chi connectivity index (χ0) is 28.8. The lowest BCUT2D eigenvalue weighted by Gasteiger charge is -2.24. The summed E-state index contributed by atoms with van der Waals surface area (Å²) < 4.78 is 6.36. The van der Waals surface area contributed by atoms with E-state index in [2.05, 4.69) is 10.2 Å². The Balaban J connectivity index is 1.45. The third-order valence-electron chi connectivity index (χ3n) is 6.25. The number of thioether (sulfide) groups is 1. The molecule has 1 atom stereocenters. The van der Waals surface area contributed by atoms with Gasteiger partial charge in [-0.1, -0.05) is 102 Å². The van der Waals surface area contributed by atoms with E-state index in [9.17, 15) is 14.7 Å². The number of hydrogen-bond donors (Lipinski definition) is 1. The van der Waals surface area contributed by atoms with Gasteiger partial charge in [-0.15, -0.1) is 10.2 Å². The Kier molecular flexibility index (Phi) is 9.18. The molecule has 0 saturated heterocycles.